The van der Waals surface area contributed by atoms with Crippen LogP contribution in [-0.2, 0) is 6.54 Å². The van der Waals surface area contributed by atoms with Crippen molar-refractivity contribution in [2.75, 3.05) is 39.1 Å². The van der Waals surface area contributed by atoms with Gasteiger partial charge in [0.1, 0.15) is 0 Å². The molecule has 0 spiro atoms. The molecule has 104 valence electrons. The zero-order valence-corrected chi connectivity index (χ0v) is 12.3. The summed E-state index contributed by atoms with van der Waals surface area (Å²) in [6.45, 7) is 3.55. The zero-order chi connectivity index (χ0) is 13.4. The van der Waals surface area contributed by atoms with Gasteiger partial charge in [-0.1, -0.05) is 12.1 Å². The Morgan fingerprint density at radius 2 is 1.79 bits per heavy atom. The van der Waals surface area contributed by atoms with E-state index in [9.17, 15) is 0 Å². The van der Waals surface area contributed by atoms with Crippen LogP contribution in [0.1, 0.15) is 12.0 Å². The van der Waals surface area contributed by atoms with Crippen molar-refractivity contribution in [2.24, 2.45) is 11.8 Å². The van der Waals surface area contributed by atoms with Crippen LogP contribution in [0.15, 0.2) is 24.3 Å². The molecular weight excluding hydrogens is 234 g/mol. The monoisotopic (exact) mass is 259 g/mol. The van der Waals surface area contributed by atoms with Gasteiger partial charge in [0.05, 0.1) is 0 Å². The van der Waals surface area contributed by atoms with Gasteiger partial charge < -0.3 is 15.1 Å². The highest BCUT2D eigenvalue weighted by Crippen LogP contribution is 2.39. The molecule has 0 unspecified atom stereocenters. The fraction of sp³-hybridized carbons (Fsp3) is 0.625. The highest BCUT2D eigenvalue weighted by Gasteiger charge is 2.45. The summed E-state index contributed by atoms with van der Waals surface area (Å²) in [5.74, 6) is 1.76. The summed E-state index contributed by atoms with van der Waals surface area (Å²) in [6, 6.07) is 9.63. The first-order chi connectivity index (χ1) is 9.13. The summed E-state index contributed by atoms with van der Waals surface area (Å²) >= 11 is 0. The van der Waals surface area contributed by atoms with Crippen LogP contribution in [0.25, 0.3) is 0 Å². The summed E-state index contributed by atoms with van der Waals surface area (Å²) in [5.41, 5.74) is 2.66. The predicted molar refractivity (Wildman–Crippen MR) is 80.5 cm³/mol. The third kappa shape index (κ3) is 2.63. The van der Waals surface area contributed by atoms with Gasteiger partial charge in [-0.15, -0.1) is 0 Å². The minimum absolute atomic E-state index is 0.754. The molecule has 3 nitrogen and oxygen atoms in total. The Labute approximate surface area is 116 Å². The largest absolute Gasteiger partial charge is 0.378 e. The number of rotatable bonds is 4. The molecule has 3 fully saturated rings. The van der Waals surface area contributed by atoms with Crippen LogP contribution in [0, 0.1) is 11.8 Å². The molecule has 1 aromatic rings. The zero-order valence-electron chi connectivity index (χ0n) is 12.3. The number of hydrogen-bond donors (Lipinski definition) is 1. The van der Waals surface area contributed by atoms with Crippen LogP contribution in [0.2, 0.25) is 0 Å². The number of benzene rings is 1. The highest BCUT2D eigenvalue weighted by molar-refractivity contribution is 5.45. The molecule has 0 amide bonds. The molecule has 2 bridgehead atoms. The summed E-state index contributed by atoms with van der Waals surface area (Å²) in [6.07, 6.45) is 1.43. The molecule has 2 saturated heterocycles. The van der Waals surface area contributed by atoms with Gasteiger partial charge in [-0.2, -0.15) is 0 Å². The van der Waals surface area contributed by atoms with Crippen molar-refractivity contribution in [3.05, 3.63) is 29.8 Å². The maximum atomic E-state index is 3.77. The van der Waals surface area contributed by atoms with Gasteiger partial charge >= 0.3 is 0 Å². The van der Waals surface area contributed by atoms with Gasteiger partial charge in [-0.05, 0) is 43.0 Å². The molecule has 1 aromatic carbocycles. The lowest BCUT2D eigenvalue weighted by atomic mass is 9.66. The lowest BCUT2D eigenvalue weighted by Gasteiger charge is -2.53. The number of hydrogen-bond acceptors (Lipinski definition) is 3. The van der Waals surface area contributed by atoms with Gasteiger partial charge in [0.2, 0.25) is 0 Å². The van der Waals surface area contributed by atoms with Crippen LogP contribution in [0.4, 0.5) is 5.69 Å². The minimum atomic E-state index is 0.754. The van der Waals surface area contributed by atoms with Crippen molar-refractivity contribution in [3.8, 4) is 0 Å². The van der Waals surface area contributed by atoms with E-state index in [4.69, 9.17) is 0 Å². The van der Waals surface area contributed by atoms with Crippen LogP contribution in [0.5, 0.6) is 0 Å². The molecular formula is C16H25N3. The van der Waals surface area contributed by atoms with Crippen molar-refractivity contribution in [2.45, 2.75) is 19.0 Å². The quantitative estimate of drug-likeness (QED) is 0.889. The number of nitrogens with one attached hydrogen (secondary N) is 1. The molecule has 3 atom stereocenters. The molecule has 0 radical (unpaired) electrons. The molecule has 1 N–H and O–H groups in total. The number of fused-ring (bicyclic) bond motifs is 2. The molecule has 3 heteroatoms. The molecule has 19 heavy (non-hydrogen) atoms. The molecule has 0 aromatic heterocycles. The summed E-state index contributed by atoms with van der Waals surface area (Å²) in [7, 11) is 6.41. The maximum Gasteiger partial charge on any atom is 0.0361 e. The SMILES string of the molecule is CN1C[C@H]2C[C@@H](C1)[C@H]2NCc1ccc(N(C)C)cc1. The fourth-order valence-corrected chi connectivity index (χ4v) is 3.60. The smallest absolute Gasteiger partial charge is 0.0361 e. The first-order valence-corrected chi connectivity index (χ1v) is 7.31. The Morgan fingerprint density at radius 1 is 1.16 bits per heavy atom. The standard InChI is InChI=1S/C16H25N3/c1-18(2)15-6-4-12(5-7-15)9-17-16-13-8-14(16)11-19(3)10-13/h4-7,13-14,16-17H,8-11H2,1-3H3/t13-,14+,16+. The topological polar surface area (TPSA) is 18.5 Å². The fourth-order valence-electron chi connectivity index (χ4n) is 3.60. The Kier molecular flexibility index (Phi) is 3.50. The van der Waals surface area contributed by atoms with Crippen LogP contribution in [-0.4, -0.2) is 45.2 Å². The number of piperidine rings is 2. The second-order valence-corrected chi connectivity index (χ2v) is 6.44. The Bertz CT molecular complexity index is 414. The molecule has 1 saturated carbocycles. The van der Waals surface area contributed by atoms with E-state index in [1.165, 1.54) is 30.8 Å². The van der Waals surface area contributed by atoms with Gasteiger partial charge in [0.15, 0.2) is 0 Å². The second-order valence-electron chi connectivity index (χ2n) is 6.44. The molecule has 2 heterocycles. The summed E-state index contributed by atoms with van der Waals surface area (Å²) < 4.78 is 0. The summed E-state index contributed by atoms with van der Waals surface area (Å²) in [5, 5.41) is 3.77. The Balaban J connectivity index is 1.53. The average molecular weight is 259 g/mol. The van der Waals surface area contributed by atoms with Crippen molar-refractivity contribution in [1.29, 1.82) is 0 Å². The molecule has 4 rings (SSSR count). The van der Waals surface area contributed by atoms with E-state index < -0.39 is 0 Å². The molecule has 2 aliphatic heterocycles. The first-order valence-electron chi connectivity index (χ1n) is 7.31. The van der Waals surface area contributed by atoms with E-state index in [0.29, 0.717) is 0 Å². The molecule has 1 aliphatic carbocycles. The van der Waals surface area contributed by atoms with Crippen molar-refractivity contribution in [3.63, 3.8) is 0 Å². The highest BCUT2D eigenvalue weighted by atomic mass is 15.2. The van der Waals surface area contributed by atoms with Crippen LogP contribution < -0.4 is 10.2 Å². The van der Waals surface area contributed by atoms with Gasteiger partial charge in [-0.3, -0.25) is 0 Å². The third-order valence-electron chi connectivity index (χ3n) is 4.71. The van der Waals surface area contributed by atoms with Crippen LogP contribution >= 0.6 is 0 Å². The first kappa shape index (κ1) is 12.9. The van der Waals surface area contributed by atoms with Crippen molar-refractivity contribution in [1.82, 2.24) is 10.2 Å². The summed E-state index contributed by atoms with van der Waals surface area (Å²) in [4.78, 5) is 4.62. The van der Waals surface area contributed by atoms with Crippen molar-refractivity contribution < 1.29 is 0 Å². The number of anilines is 1. The minimum Gasteiger partial charge on any atom is -0.378 e. The second kappa shape index (κ2) is 5.14. The van der Waals surface area contributed by atoms with Crippen LogP contribution in [0.3, 0.4) is 0 Å². The van der Waals surface area contributed by atoms with Gasteiger partial charge in [-0.25, -0.2) is 0 Å². The number of nitrogens with zero attached hydrogens (tertiary/aromatic N) is 2. The van der Waals surface area contributed by atoms with E-state index >= 15 is 0 Å². The Hall–Kier alpha value is -1.06. The normalized spacial score (nSPS) is 29.9. The third-order valence-corrected chi connectivity index (χ3v) is 4.71. The van der Waals surface area contributed by atoms with Gasteiger partial charge in [0.25, 0.3) is 0 Å². The Morgan fingerprint density at radius 3 is 2.37 bits per heavy atom. The van der Waals surface area contributed by atoms with Gasteiger partial charge in [0, 0.05) is 45.5 Å². The van der Waals surface area contributed by atoms with E-state index in [1.807, 2.05) is 0 Å². The molecule has 3 aliphatic rings. The lowest BCUT2D eigenvalue weighted by molar-refractivity contribution is -0.00300. The van der Waals surface area contributed by atoms with E-state index in [2.05, 4.69) is 60.5 Å². The lowest BCUT2D eigenvalue weighted by Crippen LogP contribution is -2.62. The average Bonchev–Trinajstić information content (AvgIpc) is 2.39. The predicted octanol–water partition coefficient (Wildman–Crippen LogP) is 1.79. The maximum absolute atomic E-state index is 3.77. The van der Waals surface area contributed by atoms with E-state index in [1.54, 1.807) is 0 Å². The van der Waals surface area contributed by atoms with E-state index in [0.717, 1.165) is 24.4 Å². The van der Waals surface area contributed by atoms with Crippen molar-refractivity contribution >= 4 is 5.69 Å². The van der Waals surface area contributed by atoms with E-state index in [-0.39, 0.29) is 0 Å².